The molecule has 1 heterocycles. The highest BCUT2D eigenvalue weighted by Crippen LogP contribution is 2.37. The van der Waals surface area contributed by atoms with Gasteiger partial charge in [0.05, 0.1) is 12.2 Å². The van der Waals surface area contributed by atoms with Gasteiger partial charge in [-0.25, -0.2) is 0 Å². The number of carbonyl (C=O) groups excluding carboxylic acids is 1. The lowest BCUT2D eigenvalue weighted by molar-refractivity contribution is -0.134. The van der Waals surface area contributed by atoms with Crippen LogP contribution in [0.5, 0.6) is 0 Å². The van der Waals surface area contributed by atoms with Crippen LogP contribution in [0.3, 0.4) is 0 Å². The van der Waals surface area contributed by atoms with Gasteiger partial charge in [0.1, 0.15) is 0 Å². The van der Waals surface area contributed by atoms with Crippen LogP contribution in [0, 0.1) is 5.92 Å². The lowest BCUT2D eigenvalue weighted by Gasteiger charge is -2.25. The Morgan fingerprint density at radius 1 is 1.35 bits per heavy atom. The van der Waals surface area contributed by atoms with Gasteiger partial charge in [0, 0.05) is 18.5 Å². The first-order chi connectivity index (χ1) is 9.57. The molecule has 20 heavy (non-hydrogen) atoms. The van der Waals surface area contributed by atoms with Gasteiger partial charge in [-0.15, -0.1) is 0 Å². The molecule has 2 aliphatic rings. The standard InChI is InChI=1S/C17H23NO2/c1-13-10-17(2,12-18(13)16(19)15-8-9-15)20-11-14-6-4-3-5-7-14/h3-7,13,15H,8-12H2,1-2H3/t13-,17-/m0/s1. The van der Waals surface area contributed by atoms with Crippen molar-refractivity contribution in [2.45, 2.75) is 51.4 Å². The predicted molar refractivity (Wildman–Crippen MR) is 78.2 cm³/mol. The smallest absolute Gasteiger partial charge is 0.226 e. The van der Waals surface area contributed by atoms with Crippen molar-refractivity contribution in [3.63, 3.8) is 0 Å². The molecule has 1 amide bonds. The second-order valence-corrected chi connectivity index (χ2v) is 6.52. The summed E-state index contributed by atoms with van der Waals surface area (Å²) in [5.41, 5.74) is 0.980. The van der Waals surface area contributed by atoms with E-state index in [0.29, 0.717) is 24.5 Å². The number of hydrogen-bond acceptors (Lipinski definition) is 2. The number of ether oxygens (including phenoxy) is 1. The first kappa shape index (κ1) is 13.6. The Morgan fingerprint density at radius 2 is 2.05 bits per heavy atom. The van der Waals surface area contributed by atoms with Gasteiger partial charge in [0.15, 0.2) is 0 Å². The molecule has 1 saturated carbocycles. The molecule has 3 heteroatoms. The lowest BCUT2D eigenvalue weighted by atomic mass is 10.0. The molecule has 1 aromatic carbocycles. The van der Waals surface area contributed by atoms with E-state index in [2.05, 4.69) is 26.0 Å². The summed E-state index contributed by atoms with van der Waals surface area (Å²) in [5, 5.41) is 0. The van der Waals surface area contributed by atoms with E-state index in [0.717, 1.165) is 25.8 Å². The maximum atomic E-state index is 12.3. The van der Waals surface area contributed by atoms with E-state index in [1.54, 1.807) is 0 Å². The summed E-state index contributed by atoms with van der Waals surface area (Å²) in [4.78, 5) is 14.3. The van der Waals surface area contributed by atoms with Gasteiger partial charge in [0.25, 0.3) is 0 Å². The first-order valence-electron chi connectivity index (χ1n) is 7.56. The number of nitrogens with zero attached hydrogens (tertiary/aromatic N) is 1. The topological polar surface area (TPSA) is 29.5 Å². The zero-order valence-electron chi connectivity index (χ0n) is 12.3. The minimum atomic E-state index is -0.209. The Kier molecular flexibility index (Phi) is 3.55. The van der Waals surface area contributed by atoms with Crippen LogP contribution in [0.15, 0.2) is 30.3 Å². The van der Waals surface area contributed by atoms with Gasteiger partial charge in [-0.3, -0.25) is 4.79 Å². The second-order valence-electron chi connectivity index (χ2n) is 6.52. The van der Waals surface area contributed by atoms with Crippen LogP contribution in [0.1, 0.15) is 38.7 Å². The highest BCUT2D eigenvalue weighted by atomic mass is 16.5. The van der Waals surface area contributed by atoms with E-state index < -0.39 is 0 Å². The highest BCUT2D eigenvalue weighted by Gasteiger charge is 2.45. The third-order valence-electron chi connectivity index (χ3n) is 4.40. The van der Waals surface area contributed by atoms with Crippen LogP contribution in [0.25, 0.3) is 0 Å². The van der Waals surface area contributed by atoms with E-state index in [9.17, 15) is 4.79 Å². The summed E-state index contributed by atoms with van der Waals surface area (Å²) in [6.45, 7) is 5.62. The van der Waals surface area contributed by atoms with Gasteiger partial charge in [-0.1, -0.05) is 30.3 Å². The summed E-state index contributed by atoms with van der Waals surface area (Å²) < 4.78 is 6.13. The molecule has 0 N–H and O–H groups in total. The van der Waals surface area contributed by atoms with E-state index in [1.165, 1.54) is 5.56 Å². The number of amides is 1. The van der Waals surface area contributed by atoms with Crippen molar-refractivity contribution in [1.29, 1.82) is 0 Å². The van der Waals surface area contributed by atoms with Gasteiger partial charge in [-0.05, 0) is 38.7 Å². The molecule has 0 bridgehead atoms. The largest absolute Gasteiger partial charge is 0.369 e. The molecule has 1 saturated heterocycles. The van der Waals surface area contributed by atoms with Crippen LogP contribution in [-0.4, -0.2) is 29.0 Å². The Balaban J connectivity index is 1.60. The fraction of sp³-hybridized carbons (Fsp3) is 0.588. The summed E-state index contributed by atoms with van der Waals surface area (Å²) in [6, 6.07) is 10.5. The molecule has 0 aromatic heterocycles. The summed E-state index contributed by atoms with van der Waals surface area (Å²) >= 11 is 0. The van der Waals surface area contributed by atoms with Crippen molar-refractivity contribution in [1.82, 2.24) is 4.90 Å². The minimum Gasteiger partial charge on any atom is -0.369 e. The van der Waals surface area contributed by atoms with Crippen LogP contribution in [0.4, 0.5) is 0 Å². The molecular formula is C17H23NO2. The average molecular weight is 273 g/mol. The summed E-state index contributed by atoms with van der Waals surface area (Å²) in [5.74, 6) is 0.637. The van der Waals surface area contributed by atoms with E-state index in [1.807, 2.05) is 23.1 Å². The van der Waals surface area contributed by atoms with Crippen molar-refractivity contribution < 1.29 is 9.53 Å². The monoisotopic (exact) mass is 273 g/mol. The van der Waals surface area contributed by atoms with Gasteiger partial charge in [-0.2, -0.15) is 0 Å². The maximum Gasteiger partial charge on any atom is 0.226 e. The quantitative estimate of drug-likeness (QED) is 0.844. The average Bonchev–Trinajstić information content (AvgIpc) is 3.24. The Morgan fingerprint density at radius 3 is 2.70 bits per heavy atom. The van der Waals surface area contributed by atoms with Crippen LogP contribution < -0.4 is 0 Å². The Labute approximate surface area is 120 Å². The van der Waals surface area contributed by atoms with Crippen molar-refractivity contribution >= 4 is 5.91 Å². The maximum absolute atomic E-state index is 12.3. The van der Waals surface area contributed by atoms with Crippen LogP contribution in [0.2, 0.25) is 0 Å². The van der Waals surface area contributed by atoms with Crippen molar-refractivity contribution in [3.05, 3.63) is 35.9 Å². The molecule has 0 spiro atoms. The van der Waals surface area contributed by atoms with Crippen LogP contribution >= 0.6 is 0 Å². The van der Waals surface area contributed by atoms with E-state index in [-0.39, 0.29) is 5.60 Å². The number of hydrogen-bond donors (Lipinski definition) is 0. The fourth-order valence-electron chi connectivity index (χ4n) is 3.11. The summed E-state index contributed by atoms with van der Waals surface area (Å²) in [7, 11) is 0. The Bertz CT molecular complexity index is 483. The fourth-order valence-corrected chi connectivity index (χ4v) is 3.11. The van der Waals surface area contributed by atoms with E-state index >= 15 is 0 Å². The molecule has 108 valence electrons. The molecular weight excluding hydrogens is 250 g/mol. The molecule has 2 atom stereocenters. The normalized spacial score (nSPS) is 29.7. The molecule has 2 fully saturated rings. The SMILES string of the molecule is C[C@H]1C[C@](C)(OCc2ccccc2)CN1C(=O)C1CC1. The van der Waals surface area contributed by atoms with Crippen LogP contribution in [-0.2, 0) is 16.1 Å². The third-order valence-corrected chi connectivity index (χ3v) is 4.40. The third kappa shape index (κ3) is 2.88. The number of likely N-dealkylation sites (tertiary alicyclic amines) is 1. The molecule has 3 nitrogen and oxygen atoms in total. The zero-order valence-corrected chi connectivity index (χ0v) is 12.3. The molecule has 0 unspecified atom stereocenters. The van der Waals surface area contributed by atoms with Gasteiger partial charge < -0.3 is 9.64 Å². The molecule has 1 aromatic rings. The molecule has 3 rings (SSSR count). The van der Waals surface area contributed by atoms with Crippen molar-refractivity contribution in [2.24, 2.45) is 5.92 Å². The molecule has 0 radical (unpaired) electrons. The Hall–Kier alpha value is -1.35. The van der Waals surface area contributed by atoms with Crippen molar-refractivity contribution in [2.75, 3.05) is 6.54 Å². The first-order valence-corrected chi connectivity index (χ1v) is 7.56. The lowest BCUT2D eigenvalue weighted by Crippen LogP contribution is -2.38. The van der Waals surface area contributed by atoms with Gasteiger partial charge in [0.2, 0.25) is 5.91 Å². The van der Waals surface area contributed by atoms with Gasteiger partial charge >= 0.3 is 0 Å². The number of benzene rings is 1. The molecule has 1 aliphatic carbocycles. The predicted octanol–water partition coefficient (Wildman–Crippen LogP) is 2.99. The summed E-state index contributed by atoms with van der Waals surface area (Å²) in [6.07, 6.45) is 3.07. The molecule has 1 aliphatic heterocycles. The van der Waals surface area contributed by atoms with Crippen molar-refractivity contribution in [3.8, 4) is 0 Å². The highest BCUT2D eigenvalue weighted by molar-refractivity contribution is 5.81. The van der Waals surface area contributed by atoms with E-state index in [4.69, 9.17) is 4.74 Å². The minimum absolute atomic E-state index is 0.209. The number of carbonyl (C=O) groups is 1. The second kappa shape index (κ2) is 5.21. The zero-order chi connectivity index (χ0) is 14.2. The number of rotatable bonds is 4.